The molecule has 2 heterocycles. The summed E-state index contributed by atoms with van der Waals surface area (Å²) in [6.07, 6.45) is 3.80. The number of aromatic nitrogens is 4. The van der Waals surface area contributed by atoms with Gasteiger partial charge in [0, 0.05) is 11.4 Å². The highest BCUT2D eigenvalue weighted by atomic mass is 15.1. The van der Waals surface area contributed by atoms with Gasteiger partial charge in [0.15, 0.2) is 0 Å². The Hall–Kier alpha value is -3.40. The molecule has 4 nitrogen and oxygen atoms in total. The van der Waals surface area contributed by atoms with Gasteiger partial charge in [0.05, 0.1) is 22.1 Å². The molecule has 0 aliphatic carbocycles. The Kier molecular flexibility index (Phi) is 3.63. The smallest absolute Gasteiger partial charge is 0.100 e. The summed E-state index contributed by atoms with van der Waals surface area (Å²) in [7, 11) is 0. The average Bonchev–Trinajstić information content (AvgIpc) is 3.27. The maximum atomic E-state index is 4.58. The van der Waals surface area contributed by atoms with Gasteiger partial charge in [-0.15, -0.1) is 0 Å². The molecule has 5 aromatic rings. The van der Waals surface area contributed by atoms with E-state index in [4.69, 9.17) is 0 Å². The summed E-state index contributed by atoms with van der Waals surface area (Å²) in [6, 6.07) is 17.3. The molecule has 28 heavy (non-hydrogen) atoms. The largest absolute Gasteiger partial charge is 0.299 e. The topological polar surface area (TPSA) is 35.6 Å². The van der Waals surface area contributed by atoms with Gasteiger partial charge in [-0.05, 0) is 98.5 Å². The molecule has 0 saturated heterocycles. The molecule has 0 saturated carbocycles. The maximum Gasteiger partial charge on any atom is 0.100 e. The molecule has 5 rings (SSSR count). The van der Waals surface area contributed by atoms with Crippen molar-refractivity contribution in [1.29, 1.82) is 0 Å². The molecule has 0 spiro atoms. The van der Waals surface area contributed by atoms with Crippen LogP contribution in [0.25, 0.3) is 33.4 Å². The zero-order chi connectivity index (χ0) is 19.4. The lowest BCUT2D eigenvalue weighted by Gasteiger charge is -2.09. The van der Waals surface area contributed by atoms with Crippen molar-refractivity contribution in [3.63, 3.8) is 0 Å². The van der Waals surface area contributed by atoms with Crippen molar-refractivity contribution < 1.29 is 0 Å². The SMILES string of the molecule is Cc1cc2ncn(-c3ccc(-n4cnc5cc(C)c(C)cc54)cc3)c2cc1C. The summed E-state index contributed by atoms with van der Waals surface area (Å²) in [5.74, 6) is 0. The minimum atomic E-state index is 1.03. The minimum Gasteiger partial charge on any atom is -0.299 e. The van der Waals surface area contributed by atoms with E-state index in [1.165, 1.54) is 22.3 Å². The van der Waals surface area contributed by atoms with Gasteiger partial charge >= 0.3 is 0 Å². The quantitative estimate of drug-likeness (QED) is 0.408. The monoisotopic (exact) mass is 366 g/mol. The van der Waals surface area contributed by atoms with Crippen LogP contribution < -0.4 is 0 Å². The zero-order valence-corrected chi connectivity index (χ0v) is 16.6. The van der Waals surface area contributed by atoms with Gasteiger partial charge in [-0.1, -0.05) is 0 Å². The molecular weight excluding hydrogens is 344 g/mol. The number of benzene rings is 3. The molecule has 2 aromatic heterocycles. The molecule has 3 aromatic carbocycles. The molecule has 0 N–H and O–H groups in total. The van der Waals surface area contributed by atoms with E-state index < -0.39 is 0 Å². The first kappa shape index (κ1) is 16.8. The molecule has 0 bridgehead atoms. The van der Waals surface area contributed by atoms with E-state index in [2.05, 4.69) is 95.3 Å². The molecule has 0 fully saturated rings. The normalized spacial score (nSPS) is 11.6. The first-order chi connectivity index (χ1) is 13.5. The molecule has 0 aliphatic heterocycles. The van der Waals surface area contributed by atoms with E-state index in [1.807, 2.05) is 12.7 Å². The van der Waals surface area contributed by atoms with E-state index in [0.717, 1.165) is 33.4 Å². The molecule has 0 aliphatic rings. The number of hydrogen-bond donors (Lipinski definition) is 0. The third-order valence-electron chi connectivity index (χ3n) is 5.73. The predicted molar refractivity (Wildman–Crippen MR) is 115 cm³/mol. The Morgan fingerprint density at radius 3 is 1.29 bits per heavy atom. The third-order valence-corrected chi connectivity index (χ3v) is 5.73. The van der Waals surface area contributed by atoms with Crippen LogP contribution >= 0.6 is 0 Å². The highest BCUT2D eigenvalue weighted by Gasteiger charge is 2.09. The minimum absolute atomic E-state index is 1.03. The Morgan fingerprint density at radius 1 is 0.536 bits per heavy atom. The van der Waals surface area contributed by atoms with Gasteiger partial charge < -0.3 is 0 Å². The summed E-state index contributed by atoms with van der Waals surface area (Å²) >= 11 is 0. The number of fused-ring (bicyclic) bond motifs is 2. The molecular formula is C24H22N4. The first-order valence-corrected chi connectivity index (χ1v) is 9.51. The predicted octanol–water partition coefficient (Wildman–Crippen LogP) is 5.60. The second kappa shape index (κ2) is 6.06. The van der Waals surface area contributed by atoms with Crippen LogP contribution in [0, 0.1) is 27.7 Å². The molecule has 4 heteroatoms. The van der Waals surface area contributed by atoms with Crippen molar-refractivity contribution in [3.8, 4) is 11.4 Å². The standard InChI is InChI=1S/C24H22N4/c1-15-9-21-23(11-17(15)3)27(13-25-21)19-5-7-20(8-6-19)28-14-26-22-10-16(2)18(4)12-24(22)28/h5-14H,1-4H3. The van der Waals surface area contributed by atoms with Gasteiger partial charge in [-0.2, -0.15) is 0 Å². The van der Waals surface area contributed by atoms with Crippen LogP contribution in [-0.4, -0.2) is 19.1 Å². The summed E-state index contributed by atoms with van der Waals surface area (Å²) in [5, 5.41) is 0. The Morgan fingerprint density at radius 2 is 0.893 bits per heavy atom. The Bertz CT molecular complexity index is 1230. The molecule has 0 unspecified atom stereocenters. The van der Waals surface area contributed by atoms with Gasteiger partial charge in [0.2, 0.25) is 0 Å². The fourth-order valence-electron chi connectivity index (χ4n) is 3.71. The van der Waals surface area contributed by atoms with Crippen molar-refractivity contribution in [2.24, 2.45) is 0 Å². The van der Waals surface area contributed by atoms with Crippen LogP contribution in [-0.2, 0) is 0 Å². The van der Waals surface area contributed by atoms with Crippen LogP contribution in [0.1, 0.15) is 22.3 Å². The summed E-state index contributed by atoms with van der Waals surface area (Å²) in [4.78, 5) is 9.15. The van der Waals surface area contributed by atoms with Crippen LogP contribution in [0.15, 0.2) is 61.2 Å². The van der Waals surface area contributed by atoms with Crippen molar-refractivity contribution in [1.82, 2.24) is 19.1 Å². The van der Waals surface area contributed by atoms with Crippen molar-refractivity contribution in [2.75, 3.05) is 0 Å². The number of nitrogens with zero attached hydrogens (tertiary/aromatic N) is 4. The van der Waals surface area contributed by atoms with E-state index in [1.54, 1.807) is 0 Å². The van der Waals surface area contributed by atoms with Crippen LogP contribution in [0.3, 0.4) is 0 Å². The summed E-state index contributed by atoms with van der Waals surface area (Å²) < 4.78 is 4.29. The summed E-state index contributed by atoms with van der Waals surface area (Å²) in [5.41, 5.74) is 11.6. The number of aryl methyl sites for hydroxylation is 4. The van der Waals surface area contributed by atoms with E-state index in [0.29, 0.717) is 0 Å². The highest BCUT2D eigenvalue weighted by molar-refractivity contribution is 5.80. The fraction of sp³-hybridized carbons (Fsp3) is 0.167. The zero-order valence-electron chi connectivity index (χ0n) is 16.6. The number of imidazole rings is 2. The number of rotatable bonds is 2. The molecule has 0 radical (unpaired) electrons. The average molecular weight is 366 g/mol. The lowest BCUT2D eigenvalue weighted by atomic mass is 10.1. The third kappa shape index (κ3) is 2.53. The Labute approximate surface area is 164 Å². The van der Waals surface area contributed by atoms with Crippen molar-refractivity contribution in [2.45, 2.75) is 27.7 Å². The van der Waals surface area contributed by atoms with Gasteiger partial charge in [-0.25, -0.2) is 9.97 Å². The second-order valence-electron chi connectivity index (χ2n) is 7.60. The van der Waals surface area contributed by atoms with E-state index >= 15 is 0 Å². The van der Waals surface area contributed by atoms with Gasteiger partial charge in [0.25, 0.3) is 0 Å². The van der Waals surface area contributed by atoms with Crippen LogP contribution in [0.5, 0.6) is 0 Å². The van der Waals surface area contributed by atoms with Crippen molar-refractivity contribution in [3.05, 3.63) is 83.4 Å². The van der Waals surface area contributed by atoms with Gasteiger partial charge in [0.1, 0.15) is 12.7 Å². The summed E-state index contributed by atoms with van der Waals surface area (Å²) in [6.45, 7) is 8.54. The van der Waals surface area contributed by atoms with Crippen LogP contribution in [0.4, 0.5) is 0 Å². The van der Waals surface area contributed by atoms with E-state index in [9.17, 15) is 0 Å². The maximum absolute atomic E-state index is 4.58. The van der Waals surface area contributed by atoms with Crippen molar-refractivity contribution >= 4 is 22.1 Å². The van der Waals surface area contributed by atoms with E-state index in [-0.39, 0.29) is 0 Å². The molecule has 0 atom stereocenters. The second-order valence-corrected chi connectivity index (χ2v) is 7.60. The first-order valence-electron chi connectivity index (χ1n) is 9.51. The highest BCUT2D eigenvalue weighted by Crippen LogP contribution is 2.25. The van der Waals surface area contributed by atoms with Gasteiger partial charge in [-0.3, -0.25) is 9.13 Å². The molecule has 138 valence electrons. The lowest BCUT2D eigenvalue weighted by Crippen LogP contribution is -1.96. The number of hydrogen-bond acceptors (Lipinski definition) is 2. The lowest BCUT2D eigenvalue weighted by molar-refractivity contribution is 1.06. The molecule has 0 amide bonds. The Balaban J connectivity index is 1.59. The van der Waals surface area contributed by atoms with Crippen LogP contribution in [0.2, 0.25) is 0 Å². The fourth-order valence-corrected chi connectivity index (χ4v) is 3.71.